The minimum absolute atomic E-state index is 0.372. The van der Waals surface area contributed by atoms with Crippen LogP contribution in [0, 0.1) is 0 Å². The summed E-state index contributed by atoms with van der Waals surface area (Å²) in [6.45, 7) is -0.372. The van der Waals surface area contributed by atoms with Crippen LogP contribution in [0.1, 0.15) is 0 Å². The molecule has 0 amide bonds. The Bertz CT molecular complexity index is 238. The van der Waals surface area contributed by atoms with E-state index in [0.717, 1.165) is 0 Å². The van der Waals surface area contributed by atoms with Crippen molar-refractivity contribution in [1.82, 2.24) is 0 Å². The Morgan fingerprint density at radius 2 is 1.79 bits per heavy atom. The highest BCUT2D eigenvalue weighted by Crippen LogP contribution is 2.39. The molecule has 8 nitrogen and oxygen atoms in total. The molecule has 0 radical (unpaired) electrons. The molecule has 0 aromatic carbocycles. The Hall–Kier alpha value is -0.0500. The molecule has 1 aliphatic heterocycles. The van der Waals surface area contributed by atoms with E-state index in [-0.39, 0.29) is 6.61 Å². The first-order chi connectivity index (χ1) is 6.31. The Kier molecular flexibility index (Phi) is 3.62. The quantitative estimate of drug-likeness (QED) is 0.329. The molecule has 14 heavy (non-hydrogen) atoms. The Balaban J connectivity index is 2.60. The zero-order chi connectivity index (χ0) is 10.9. The predicted octanol–water partition coefficient (Wildman–Crippen LogP) is -2.47. The molecule has 0 bridgehead atoms. The van der Waals surface area contributed by atoms with Crippen molar-refractivity contribution in [3.05, 3.63) is 0 Å². The Morgan fingerprint density at radius 3 is 2.29 bits per heavy atom. The number of aliphatic hydroxyl groups is 3. The summed E-state index contributed by atoms with van der Waals surface area (Å²) in [6, 6.07) is 0. The second-order valence-corrected chi connectivity index (χ2v) is 4.04. The lowest BCUT2D eigenvalue weighted by atomic mass is 10.1. The van der Waals surface area contributed by atoms with Crippen molar-refractivity contribution >= 4 is 7.82 Å². The predicted molar refractivity (Wildman–Crippen MR) is 40.9 cm³/mol. The van der Waals surface area contributed by atoms with Crippen LogP contribution in [-0.4, -0.2) is 56.3 Å². The highest BCUT2D eigenvalue weighted by molar-refractivity contribution is 7.46. The van der Waals surface area contributed by atoms with E-state index >= 15 is 0 Å². The summed E-state index contributed by atoms with van der Waals surface area (Å²) in [5.41, 5.74) is 0. The number of hydrogen-bond acceptors (Lipinski definition) is 6. The number of aliphatic hydroxyl groups excluding tert-OH is 3. The fourth-order valence-corrected chi connectivity index (χ4v) is 1.46. The van der Waals surface area contributed by atoms with E-state index in [9.17, 15) is 4.57 Å². The van der Waals surface area contributed by atoms with Crippen LogP contribution in [0.2, 0.25) is 0 Å². The van der Waals surface area contributed by atoms with Crippen LogP contribution in [0.25, 0.3) is 0 Å². The number of phosphoric acid groups is 1. The van der Waals surface area contributed by atoms with Gasteiger partial charge >= 0.3 is 7.82 Å². The highest BCUT2D eigenvalue weighted by atomic mass is 31.2. The van der Waals surface area contributed by atoms with Crippen molar-refractivity contribution in [3.63, 3.8) is 0 Å². The van der Waals surface area contributed by atoms with E-state index in [1.165, 1.54) is 0 Å². The number of hydrogen-bond donors (Lipinski definition) is 5. The van der Waals surface area contributed by atoms with Crippen LogP contribution in [0.5, 0.6) is 0 Å². The summed E-state index contributed by atoms with van der Waals surface area (Å²) in [4.78, 5) is 16.8. The van der Waals surface area contributed by atoms with Crippen LogP contribution in [0.15, 0.2) is 0 Å². The molecule has 1 fully saturated rings. The SMILES string of the molecule is O=P(O)(O)O[C@H]1OC[C@@H](O)[C@H](O)[C@@H]1O. The van der Waals surface area contributed by atoms with Gasteiger partial charge in [0.25, 0.3) is 0 Å². The molecule has 0 aliphatic carbocycles. The van der Waals surface area contributed by atoms with Crippen LogP contribution < -0.4 is 0 Å². The second-order valence-electron chi connectivity index (χ2n) is 2.85. The monoisotopic (exact) mass is 230 g/mol. The molecule has 4 atom stereocenters. The standard InChI is InChI=1S/C5H11O8P/c6-2-1-12-5(4(8)3(2)7)13-14(9,10)11/h2-8H,1H2,(H2,9,10,11)/t2-,3+,4+,5-/m1/s1. The maximum Gasteiger partial charge on any atom is 0.472 e. The van der Waals surface area contributed by atoms with Gasteiger partial charge in [-0.05, 0) is 0 Å². The van der Waals surface area contributed by atoms with Crippen molar-refractivity contribution in [2.75, 3.05) is 6.61 Å². The van der Waals surface area contributed by atoms with E-state index in [2.05, 4.69) is 9.26 Å². The molecule has 1 aliphatic rings. The third kappa shape index (κ3) is 2.97. The summed E-state index contributed by atoms with van der Waals surface area (Å²) in [7, 11) is -4.80. The van der Waals surface area contributed by atoms with E-state index < -0.39 is 32.4 Å². The zero-order valence-corrected chi connectivity index (χ0v) is 7.82. The molecule has 0 saturated carbocycles. The molecular weight excluding hydrogens is 219 g/mol. The van der Waals surface area contributed by atoms with Gasteiger partial charge in [0.2, 0.25) is 0 Å². The molecule has 0 aromatic rings. The van der Waals surface area contributed by atoms with E-state index in [0.29, 0.717) is 0 Å². The van der Waals surface area contributed by atoms with Crippen LogP contribution in [0.4, 0.5) is 0 Å². The molecule has 9 heteroatoms. The molecule has 1 heterocycles. The van der Waals surface area contributed by atoms with Crippen LogP contribution >= 0.6 is 7.82 Å². The van der Waals surface area contributed by atoms with Gasteiger partial charge in [-0.3, -0.25) is 4.52 Å². The summed E-state index contributed by atoms with van der Waals surface area (Å²) < 4.78 is 19.0. The minimum atomic E-state index is -4.80. The average molecular weight is 230 g/mol. The van der Waals surface area contributed by atoms with E-state index in [1.54, 1.807) is 0 Å². The molecule has 1 saturated heterocycles. The van der Waals surface area contributed by atoms with Gasteiger partial charge in [0.1, 0.15) is 18.3 Å². The molecule has 0 aromatic heterocycles. The zero-order valence-electron chi connectivity index (χ0n) is 6.92. The first kappa shape index (κ1) is 12.0. The number of rotatable bonds is 2. The van der Waals surface area contributed by atoms with Gasteiger partial charge in [-0.2, -0.15) is 0 Å². The van der Waals surface area contributed by atoms with Gasteiger partial charge in [0, 0.05) is 0 Å². The first-order valence-corrected chi connectivity index (χ1v) is 5.24. The van der Waals surface area contributed by atoms with Gasteiger partial charge in [0.05, 0.1) is 6.61 Å². The summed E-state index contributed by atoms with van der Waals surface area (Å²) >= 11 is 0. The molecule has 5 N–H and O–H groups in total. The fraction of sp³-hybridized carbons (Fsp3) is 1.00. The van der Waals surface area contributed by atoms with Gasteiger partial charge < -0.3 is 29.8 Å². The Labute approximate surface area is 78.9 Å². The van der Waals surface area contributed by atoms with Gasteiger partial charge in [-0.1, -0.05) is 0 Å². The molecule has 84 valence electrons. The van der Waals surface area contributed by atoms with E-state index in [1.807, 2.05) is 0 Å². The fourth-order valence-electron chi connectivity index (χ4n) is 1.01. The molecule has 0 unspecified atom stereocenters. The number of ether oxygens (including phenoxy) is 1. The maximum atomic E-state index is 10.4. The van der Waals surface area contributed by atoms with Gasteiger partial charge in [-0.15, -0.1) is 0 Å². The first-order valence-electron chi connectivity index (χ1n) is 3.71. The normalized spacial score (nSPS) is 39.8. The molecular formula is C5H11O8P. The minimum Gasteiger partial charge on any atom is -0.388 e. The number of phosphoric ester groups is 1. The van der Waals surface area contributed by atoms with Crippen molar-refractivity contribution in [3.8, 4) is 0 Å². The van der Waals surface area contributed by atoms with Crippen molar-refractivity contribution in [1.29, 1.82) is 0 Å². The Morgan fingerprint density at radius 1 is 1.21 bits per heavy atom. The third-order valence-corrected chi connectivity index (χ3v) is 2.18. The van der Waals surface area contributed by atoms with Crippen LogP contribution in [0.3, 0.4) is 0 Å². The second kappa shape index (κ2) is 4.21. The summed E-state index contributed by atoms with van der Waals surface area (Å²) in [5.74, 6) is 0. The van der Waals surface area contributed by atoms with Gasteiger partial charge in [-0.25, -0.2) is 4.57 Å². The van der Waals surface area contributed by atoms with Crippen molar-refractivity contribution in [2.24, 2.45) is 0 Å². The maximum absolute atomic E-state index is 10.4. The summed E-state index contributed by atoms with van der Waals surface area (Å²) in [6.07, 6.45) is -6.21. The molecule has 1 rings (SSSR count). The lowest BCUT2D eigenvalue weighted by Crippen LogP contribution is -2.53. The third-order valence-electron chi connectivity index (χ3n) is 1.70. The lowest BCUT2D eigenvalue weighted by Gasteiger charge is -2.34. The largest absolute Gasteiger partial charge is 0.472 e. The van der Waals surface area contributed by atoms with Crippen LogP contribution in [-0.2, 0) is 13.8 Å². The van der Waals surface area contributed by atoms with E-state index in [4.69, 9.17) is 25.1 Å². The average Bonchev–Trinajstić information content (AvgIpc) is 2.04. The van der Waals surface area contributed by atoms with Gasteiger partial charge in [0.15, 0.2) is 6.29 Å². The molecule has 0 spiro atoms. The smallest absolute Gasteiger partial charge is 0.388 e. The highest BCUT2D eigenvalue weighted by Gasteiger charge is 2.41. The summed E-state index contributed by atoms with van der Waals surface area (Å²) in [5, 5.41) is 27.2. The lowest BCUT2D eigenvalue weighted by molar-refractivity contribution is -0.245. The van der Waals surface area contributed by atoms with Crippen molar-refractivity contribution in [2.45, 2.75) is 24.6 Å². The van der Waals surface area contributed by atoms with Crippen molar-refractivity contribution < 1.29 is 38.9 Å². The topological polar surface area (TPSA) is 137 Å².